The molecule has 0 radical (unpaired) electrons. The second kappa shape index (κ2) is 7.61. The van der Waals surface area contributed by atoms with Crippen LogP contribution in [-0.2, 0) is 6.61 Å². The fourth-order valence-corrected chi connectivity index (χ4v) is 1.91. The van der Waals surface area contributed by atoms with E-state index in [9.17, 15) is 0 Å². The number of ether oxygens (including phenoxy) is 2. The summed E-state index contributed by atoms with van der Waals surface area (Å²) in [5.74, 6) is 1.95. The molecule has 2 nitrogen and oxygen atoms in total. The molecule has 0 spiro atoms. The number of alkyl halides is 1. The quantitative estimate of drug-likeness (QED) is 0.727. The molecule has 0 aliphatic carbocycles. The molecule has 0 saturated carbocycles. The molecule has 0 unspecified atom stereocenters. The molecule has 2 aromatic carbocycles. The third kappa shape index (κ3) is 4.04. The van der Waals surface area contributed by atoms with E-state index in [1.165, 1.54) is 0 Å². The number of benzene rings is 2. The van der Waals surface area contributed by atoms with Crippen LogP contribution in [0.2, 0.25) is 0 Å². The molecule has 0 aliphatic heterocycles. The van der Waals surface area contributed by atoms with Crippen molar-refractivity contribution in [3.05, 3.63) is 65.7 Å². The number of halogens is 1. The molecule has 0 aromatic heterocycles. The van der Waals surface area contributed by atoms with Crippen LogP contribution in [0.4, 0.5) is 0 Å². The molecule has 0 N–H and O–H groups in total. The van der Waals surface area contributed by atoms with E-state index in [0.717, 1.165) is 22.6 Å². The first kappa shape index (κ1) is 14.5. The van der Waals surface area contributed by atoms with E-state index in [1.807, 2.05) is 60.7 Å². The minimum atomic E-state index is 0.495. The standard InChI is InChI=1S/C17H17ClO2/c1-19-17-12-14(8-5-11-18)9-10-16(17)20-13-15-6-3-2-4-7-15/h2-10,12H,11,13H2,1H3. The summed E-state index contributed by atoms with van der Waals surface area (Å²) < 4.78 is 11.2. The maximum absolute atomic E-state index is 5.80. The van der Waals surface area contributed by atoms with Crippen LogP contribution in [0.1, 0.15) is 11.1 Å². The molecule has 0 amide bonds. The first-order chi connectivity index (χ1) is 9.83. The molecule has 0 heterocycles. The summed E-state index contributed by atoms with van der Waals surface area (Å²) in [4.78, 5) is 0. The Morgan fingerprint density at radius 3 is 2.55 bits per heavy atom. The van der Waals surface area contributed by atoms with Crippen molar-refractivity contribution in [3.8, 4) is 11.5 Å². The van der Waals surface area contributed by atoms with Crippen molar-refractivity contribution in [1.29, 1.82) is 0 Å². The van der Waals surface area contributed by atoms with Crippen molar-refractivity contribution in [1.82, 2.24) is 0 Å². The van der Waals surface area contributed by atoms with E-state index in [2.05, 4.69) is 0 Å². The average molecular weight is 289 g/mol. The Hall–Kier alpha value is -1.93. The molecular formula is C17H17ClO2. The first-order valence-corrected chi connectivity index (χ1v) is 6.94. The van der Waals surface area contributed by atoms with Crippen LogP contribution in [0.5, 0.6) is 11.5 Å². The molecule has 2 rings (SSSR count). The highest BCUT2D eigenvalue weighted by atomic mass is 35.5. The topological polar surface area (TPSA) is 18.5 Å². The number of hydrogen-bond donors (Lipinski definition) is 0. The van der Waals surface area contributed by atoms with E-state index >= 15 is 0 Å². The van der Waals surface area contributed by atoms with Gasteiger partial charge in [-0.15, -0.1) is 11.6 Å². The Kier molecular flexibility index (Phi) is 5.51. The fourth-order valence-electron chi connectivity index (χ4n) is 1.82. The summed E-state index contributed by atoms with van der Waals surface area (Å²) in [5.41, 5.74) is 2.16. The molecule has 0 atom stereocenters. The van der Waals surface area contributed by atoms with Crippen molar-refractivity contribution in [2.75, 3.05) is 13.0 Å². The predicted molar refractivity (Wildman–Crippen MR) is 83.5 cm³/mol. The smallest absolute Gasteiger partial charge is 0.161 e. The zero-order valence-electron chi connectivity index (χ0n) is 11.4. The van der Waals surface area contributed by atoms with Gasteiger partial charge in [-0.2, -0.15) is 0 Å². The van der Waals surface area contributed by atoms with E-state index in [4.69, 9.17) is 21.1 Å². The van der Waals surface area contributed by atoms with Gasteiger partial charge in [0.25, 0.3) is 0 Å². The summed E-state index contributed by atoms with van der Waals surface area (Å²) in [6, 6.07) is 15.9. The first-order valence-electron chi connectivity index (χ1n) is 6.40. The van der Waals surface area contributed by atoms with Gasteiger partial charge in [0.2, 0.25) is 0 Å². The minimum absolute atomic E-state index is 0.495. The van der Waals surface area contributed by atoms with Crippen molar-refractivity contribution >= 4 is 17.7 Å². The van der Waals surface area contributed by atoms with Crippen LogP contribution in [0.25, 0.3) is 6.08 Å². The van der Waals surface area contributed by atoms with Gasteiger partial charge >= 0.3 is 0 Å². The normalized spacial score (nSPS) is 10.7. The Morgan fingerprint density at radius 2 is 1.85 bits per heavy atom. The lowest BCUT2D eigenvalue weighted by Crippen LogP contribution is -1.97. The second-order valence-corrected chi connectivity index (χ2v) is 4.55. The lowest BCUT2D eigenvalue weighted by atomic mass is 10.2. The van der Waals surface area contributed by atoms with Crippen molar-refractivity contribution < 1.29 is 9.47 Å². The number of hydrogen-bond acceptors (Lipinski definition) is 2. The third-order valence-corrected chi connectivity index (χ3v) is 3.00. The van der Waals surface area contributed by atoms with E-state index in [0.29, 0.717) is 12.5 Å². The van der Waals surface area contributed by atoms with Gasteiger partial charge in [0.1, 0.15) is 6.61 Å². The van der Waals surface area contributed by atoms with Crippen molar-refractivity contribution in [2.24, 2.45) is 0 Å². The number of methoxy groups -OCH3 is 1. The summed E-state index contributed by atoms with van der Waals surface area (Å²) in [6.07, 6.45) is 3.84. The van der Waals surface area contributed by atoms with E-state index in [-0.39, 0.29) is 0 Å². The Balaban J connectivity index is 2.09. The summed E-state index contributed by atoms with van der Waals surface area (Å²) in [5, 5.41) is 0. The number of rotatable bonds is 6. The van der Waals surface area contributed by atoms with Gasteiger partial charge in [0.15, 0.2) is 11.5 Å². The monoisotopic (exact) mass is 288 g/mol. The minimum Gasteiger partial charge on any atom is -0.493 e. The highest BCUT2D eigenvalue weighted by Crippen LogP contribution is 2.29. The zero-order chi connectivity index (χ0) is 14.2. The predicted octanol–water partition coefficient (Wildman–Crippen LogP) is 4.53. The molecule has 2 aromatic rings. The van der Waals surface area contributed by atoms with Gasteiger partial charge in [-0.05, 0) is 23.3 Å². The van der Waals surface area contributed by atoms with Crippen LogP contribution >= 0.6 is 11.6 Å². The Labute approximate surface area is 124 Å². The Bertz CT molecular complexity index is 564. The average Bonchev–Trinajstić information content (AvgIpc) is 2.52. The fraction of sp³-hybridized carbons (Fsp3) is 0.176. The van der Waals surface area contributed by atoms with Gasteiger partial charge in [-0.1, -0.05) is 48.6 Å². The van der Waals surface area contributed by atoms with E-state index in [1.54, 1.807) is 7.11 Å². The molecule has 3 heteroatoms. The van der Waals surface area contributed by atoms with Gasteiger partial charge in [0, 0.05) is 5.88 Å². The van der Waals surface area contributed by atoms with Crippen LogP contribution in [0, 0.1) is 0 Å². The van der Waals surface area contributed by atoms with Crippen molar-refractivity contribution in [2.45, 2.75) is 6.61 Å². The molecule has 104 valence electrons. The maximum atomic E-state index is 5.80. The second-order valence-electron chi connectivity index (χ2n) is 4.24. The lowest BCUT2D eigenvalue weighted by molar-refractivity contribution is 0.284. The molecule has 0 bridgehead atoms. The van der Waals surface area contributed by atoms with Crippen LogP contribution < -0.4 is 9.47 Å². The molecule has 0 fully saturated rings. The summed E-state index contributed by atoms with van der Waals surface area (Å²) >= 11 is 5.63. The SMILES string of the molecule is COc1cc(C=CCCl)ccc1OCc1ccccc1. The van der Waals surface area contributed by atoms with Gasteiger partial charge in [-0.3, -0.25) is 0 Å². The maximum Gasteiger partial charge on any atom is 0.161 e. The van der Waals surface area contributed by atoms with E-state index < -0.39 is 0 Å². The van der Waals surface area contributed by atoms with Crippen LogP contribution in [-0.4, -0.2) is 13.0 Å². The highest BCUT2D eigenvalue weighted by Gasteiger charge is 2.05. The molecular weight excluding hydrogens is 272 g/mol. The third-order valence-electron chi connectivity index (χ3n) is 2.82. The summed E-state index contributed by atoms with van der Waals surface area (Å²) in [6.45, 7) is 0.522. The zero-order valence-corrected chi connectivity index (χ0v) is 12.1. The largest absolute Gasteiger partial charge is 0.493 e. The molecule has 0 saturated heterocycles. The lowest BCUT2D eigenvalue weighted by Gasteiger charge is -2.11. The number of allylic oxidation sites excluding steroid dienone is 1. The van der Waals surface area contributed by atoms with Gasteiger partial charge < -0.3 is 9.47 Å². The Morgan fingerprint density at radius 1 is 1.05 bits per heavy atom. The summed E-state index contributed by atoms with van der Waals surface area (Å²) in [7, 11) is 1.64. The highest BCUT2D eigenvalue weighted by molar-refractivity contribution is 6.19. The molecule has 20 heavy (non-hydrogen) atoms. The molecule has 0 aliphatic rings. The van der Waals surface area contributed by atoms with Crippen LogP contribution in [0.15, 0.2) is 54.6 Å². The van der Waals surface area contributed by atoms with Crippen molar-refractivity contribution in [3.63, 3.8) is 0 Å². The van der Waals surface area contributed by atoms with Gasteiger partial charge in [0.05, 0.1) is 7.11 Å². The van der Waals surface area contributed by atoms with Crippen LogP contribution in [0.3, 0.4) is 0 Å². The van der Waals surface area contributed by atoms with Gasteiger partial charge in [-0.25, -0.2) is 0 Å².